The van der Waals surface area contributed by atoms with Crippen molar-refractivity contribution < 1.29 is 4.39 Å². The van der Waals surface area contributed by atoms with Gasteiger partial charge in [-0.1, -0.05) is 92.7 Å². The average molecular weight is 484 g/mol. The van der Waals surface area contributed by atoms with Gasteiger partial charge in [-0.05, 0) is 29.3 Å². The summed E-state index contributed by atoms with van der Waals surface area (Å²) in [5.41, 5.74) is 3.49. The van der Waals surface area contributed by atoms with E-state index < -0.39 is 5.82 Å². The molecule has 0 N–H and O–H groups in total. The Balaban J connectivity index is 0.00000156. The highest BCUT2D eigenvalue weighted by Gasteiger charge is 2.17. The summed E-state index contributed by atoms with van der Waals surface area (Å²) in [7, 11) is 0. The van der Waals surface area contributed by atoms with Crippen LogP contribution in [0.5, 0.6) is 0 Å². The largest absolute Gasteiger partial charge is 0.208 e. The van der Waals surface area contributed by atoms with E-state index in [1.165, 1.54) is 12.1 Å². The minimum Gasteiger partial charge on any atom is -0.208 e. The van der Waals surface area contributed by atoms with E-state index in [1.807, 2.05) is 98.8 Å². The maximum Gasteiger partial charge on any atom is 0.164 e. The Hall–Kier alpha value is -5.20. The number of hydrogen-bond acceptors (Lipinski definition) is 5. The normalized spacial score (nSPS) is 9.97. The molecular weight excluding hydrogens is 461 g/mol. The fourth-order valence-corrected chi connectivity index (χ4v) is 3.74. The van der Waals surface area contributed by atoms with Gasteiger partial charge in [-0.25, -0.2) is 19.3 Å². The molecule has 6 heteroatoms. The van der Waals surface area contributed by atoms with E-state index in [2.05, 4.69) is 9.97 Å². The van der Waals surface area contributed by atoms with E-state index in [9.17, 15) is 14.9 Å². The van der Waals surface area contributed by atoms with Crippen LogP contribution in [0.1, 0.15) is 25.0 Å². The van der Waals surface area contributed by atoms with Crippen molar-refractivity contribution in [3.05, 3.63) is 114 Å². The van der Waals surface area contributed by atoms with Crippen molar-refractivity contribution in [1.82, 2.24) is 15.0 Å². The molecule has 0 unspecified atom stereocenters. The monoisotopic (exact) mass is 483 g/mol. The minimum atomic E-state index is -0.855. The van der Waals surface area contributed by atoms with Gasteiger partial charge in [-0.15, -0.1) is 0 Å². The predicted molar refractivity (Wildman–Crippen MR) is 142 cm³/mol. The van der Waals surface area contributed by atoms with Crippen molar-refractivity contribution in [1.29, 1.82) is 10.5 Å². The van der Waals surface area contributed by atoms with E-state index in [-0.39, 0.29) is 17.0 Å². The first-order valence-corrected chi connectivity index (χ1v) is 11.8. The Labute approximate surface area is 215 Å². The summed E-state index contributed by atoms with van der Waals surface area (Å²) in [6.45, 7) is 4.00. The molecule has 1 aromatic heterocycles. The number of rotatable bonds is 4. The Kier molecular flexibility index (Phi) is 7.73. The lowest BCUT2D eigenvalue weighted by atomic mass is 10.0. The molecule has 0 saturated carbocycles. The first kappa shape index (κ1) is 24.9. The molecule has 5 nitrogen and oxygen atoms in total. The Morgan fingerprint density at radius 3 is 1.49 bits per heavy atom. The Bertz CT molecular complexity index is 1580. The average Bonchev–Trinajstić information content (AvgIpc) is 2.99. The van der Waals surface area contributed by atoms with Crippen LogP contribution in [-0.2, 0) is 0 Å². The van der Waals surface area contributed by atoms with Gasteiger partial charge >= 0.3 is 0 Å². The van der Waals surface area contributed by atoms with Crippen molar-refractivity contribution in [3.63, 3.8) is 0 Å². The van der Waals surface area contributed by atoms with Crippen molar-refractivity contribution in [3.8, 4) is 57.4 Å². The highest BCUT2D eigenvalue weighted by Crippen LogP contribution is 2.29. The van der Waals surface area contributed by atoms with Crippen LogP contribution in [0.2, 0.25) is 0 Å². The quantitative estimate of drug-likeness (QED) is 0.265. The summed E-state index contributed by atoms with van der Waals surface area (Å²) in [5, 5.41) is 18.7. The number of hydrogen-bond donors (Lipinski definition) is 0. The molecule has 0 atom stereocenters. The molecule has 0 aliphatic carbocycles. The van der Waals surface area contributed by atoms with Crippen LogP contribution in [0.15, 0.2) is 97.1 Å². The van der Waals surface area contributed by atoms with Gasteiger partial charge in [0.1, 0.15) is 12.1 Å². The highest BCUT2D eigenvalue weighted by molar-refractivity contribution is 5.73. The topological polar surface area (TPSA) is 86.2 Å². The number of nitrogens with zero attached hydrogens (tertiary/aromatic N) is 5. The lowest BCUT2D eigenvalue weighted by molar-refractivity contribution is 0.620. The smallest absolute Gasteiger partial charge is 0.164 e. The molecule has 0 aliphatic heterocycles. The first-order chi connectivity index (χ1) is 18.2. The number of aromatic nitrogens is 3. The molecule has 178 valence electrons. The van der Waals surface area contributed by atoms with Crippen LogP contribution >= 0.6 is 0 Å². The third-order valence-electron chi connectivity index (χ3n) is 5.47. The van der Waals surface area contributed by atoms with Crippen LogP contribution in [0, 0.1) is 28.5 Å². The molecule has 0 fully saturated rings. The second kappa shape index (κ2) is 11.5. The third-order valence-corrected chi connectivity index (χ3v) is 5.47. The lowest BCUT2D eigenvalue weighted by Gasteiger charge is -2.10. The van der Waals surface area contributed by atoms with Crippen molar-refractivity contribution >= 4 is 0 Å². The van der Waals surface area contributed by atoms with Gasteiger partial charge < -0.3 is 0 Å². The van der Waals surface area contributed by atoms with Crippen LogP contribution in [0.4, 0.5) is 4.39 Å². The van der Waals surface area contributed by atoms with Gasteiger partial charge in [0.15, 0.2) is 23.3 Å². The van der Waals surface area contributed by atoms with Gasteiger partial charge in [-0.3, -0.25) is 0 Å². The van der Waals surface area contributed by atoms with E-state index in [1.54, 1.807) is 12.1 Å². The standard InChI is InChI=1S/C29H16FN5.C2H6/c30-26-24(17-31)15-23(16-25(26)18-32)29-34-27(20-10-5-2-6-11-20)33-28(35-29)22-13-7-12-21(14-22)19-8-3-1-4-9-19;1-2/h1-16H;1-2H3. The summed E-state index contributed by atoms with van der Waals surface area (Å²) in [5.74, 6) is 0.240. The van der Waals surface area contributed by atoms with E-state index in [0.29, 0.717) is 17.2 Å². The van der Waals surface area contributed by atoms with Crippen LogP contribution in [-0.4, -0.2) is 15.0 Å². The fourth-order valence-electron chi connectivity index (χ4n) is 3.74. The van der Waals surface area contributed by atoms with Crippen LogP contribution in [0.25, 0.3) is 45.3 Å². The molecule has 1 heterocycles. The molecule has 0 radical (unpaired) electrons. The van der Waals surface area contributed by atoms with E-state index >= 15 is 0 Å². The number of nitriles is 2. The van der Waals surface area contributed by atoms with Crippen molar-refractivity contribution in [2.75, 3.05) is 0 Å². The van der Waals surface area contributed by atoms with Gasteiger partial charge in [0.2, 0.25) is 0 Å². The molecule has 0 amide bonds. The summed E-state index contributed by atoms with van der Waals surface area (Å²) in [6.07, 6.45) is 0. The molecule has 5 aromatic rings. The minimum absolute atomic E-state index is 0.242. The Morgan fingerprint density at radius 1 is 0.514 bits per heavy atom. The highest BCUT2D eigenvalue weighted by atomic mass is 19.1. The summed E-state index contributed by atoms with van der Waals surface area (Å²) >= 11 is 0. The SMILES string of the molecule is CC.N#Cc1cc(-c2nc(-c3ccccc3)nc(-c3cccc(-c4ccccc4)c3)n2)cc(C#N)c1F. The summed E-state index contributed by atoms with van der Waals surface area (Å²) < 4.78 is 14.4. The zero-order chi connectivity index (χ0) is 26.2. The van der Waals surface area contributed by atoms with Crippen LogP contribution < -0.4 is 0 Å². The summed E-state index contributed by atoms with van der Waals surface area (Å²) in [4.78, 5) is 14.0. The maximum atomic E-state index is 14.4. The van der Waals surface area contributed by atoms with E-state index in [4.69, 9.17) is 4.98 Å². The number of benzene rings is 4. The molecule has 0 bridgehead atoms. The van der Waals surface area contributed by atoms with Gasteiger partial charge in [0.05, 0.1) is 11.1 Å². The van der Waals surface area contributed by atoms with Crippen molar-refractivity contribution in [2.45, 2.75) is 13.8 Å². The fraction of sp³-hybridized carbons (Fsp3) is 0.0645. The third kappa shape index (κ3) is 5.40. The maximum absolute atomic E-state index is 14.4. The van der Waals surface area contributed by atoms with Crippen molar-refractivity contribution in [2.24, 2.45) is 0 Å². The predicted octanol–water partition coefficient (Wildman–Crippen LogP) is 7.45. The first-order valence-electron chi connectivity index (χ1n) is 11.8. The van der Waals surface area contributed by atoms with Gasteiger partial charge in [0, 0.05) is 16.7 Å². The molecule has 0 spiro atoms. The van der Waals surface area contributed by atoms with Gasteiger partial charge in [0.25, 0.3) is 0 Å². The molecular formula is C31H22FN5. The second-order valence-corrected chi connectivity index (χ2v) is 7.73. The molecule has 37 heavy (non-hydrogen) atoms. The Morgan fingerprint density at radius 2 is 0.946 bits per heavy atom. The molecule has 0 aliphatic rings. The molecule has 4 aromatic carbocycles. The van der Waals surface area contributed by atoms with E-state index in [0.717, 1.165) is 22.3 Å². The molecule has 0 saturated heterocycles. The zero-order valence-corrected chi connectivity index (χ0v) is 20.4. The summed E-state index contributed by atoms with van der Waals surface area (Å²) in [6, 6.07) is 33.6. The number of halogens is 1. The molecule has 5 rings (SSSR count). The lowest BCUT2D eigenvalue weighted by Crippen LogP contribution is -2.01. The van der Waals surface area contributed by atoms with Crippen LogP contribution in [0.3, 0.4) is 0 Å². The zero-order valence-electron chi connectivity index (χ0n) is 20.4. The van der Waals surface area contributed by atoms with Gasteiger partial charge in [-0.2, -0.15) is 10.5 Å². The second-order valence-electron chi connectivity index (χ2n) is 7.73.